The summed E-state index contributed by atoms with van der Waals surface area (Å²) in [4.78, 5) is 17.1. The second kappa shape index (κ2) is 6.20. The molecule has 0 saturated carbocycles. The number of para-hydroxylation sites is 1. The molecule has 28 heavy (non-hydrogen) atoms. The molecule has 1 aromatic heterocycles. The molecule has 5 rings (SSSR count). The average molecular weight is 366 g/mol. The molecule has 4 aromatic rings. The van der Waals surface area contributed by atoms with Crippen LogP contribution in [-0.4, -0.2) is 14.7 Å². The van der Waals surface area contributed by atoms with Crippen LogP contribution in [0.15, 0.2) is 77.6 Å². The van der Waals surface area contributed by atoms with Gasteiger partial charge in [-0.25, -0.2) is 0 Å². The molecule has 0 fully saturated rings. The van der Waals surface area contributed by atoms with Crippen molar-refractivity contribution in [2.24, 2.45) is 0 Å². The molecule has 136 valence electrons. The van der Waals surface area contributed by atoms with E-state index in [2.05, 4.69) is 4.98 Å². The molecule has 0 amide bonds. The van der Waals surface area contributed by atoms with E-state index in [1.54, 1.807) is 6.07 Å². The average Bonchev–Trinajstić information content (AvgIpc) is 2.73. The zero-order chi connectivity index (χ0) is 19.3. The van der Waals surface area contributed by atoms with Crippen LogP contribution in [0.25, 0.3) is 22.2 Å². The lowest BCUT2D eigenvalue weighted by Gasteiger charge is -2.26. The lowest BCUT2D eigenvalue weighted by atomic mass is 9.92. The number of aliphatic hydroxyl groups excluding tert-OH is 1. The third-order valence-corrected chi connectivity index (χ3v) is 5.29. The van der Waals surface area contributed by atoms with Gasteiger partial charge in [0.2, 0.25) is 0 Å². The molecule has 0 aliphatic carbocycles. The Morgan fingerprint density at radius 2 is 1.68 bits per heavy atom. The smallest absolute Gasteiger partial charge is 0.281 e. The van der Waals surface area contributed by atoms with Crippen LogP contribution in [-0.2, 0) is 6.54 Å². The van der Waals surface area contributed by atoms with Gasteiger partial charge in [0, 0.05) is 5.56 Å². The van der Waals surface area contributed by atoms with Crippen molar-refractivity contribution in [1.82, 2.24) is 9.55 Å². The van der Waals surface area contributed by atoms with E-state index >= 15 is 0 Å². The largest absolute Gasteiger partial charge is 0.507 e. The number of aryl methyl sites for hydroxylation is 1. The minimum Gasteiger partial charge on any atom is -0.507 e. The van der Waals surface area contributed by atoms with E-state index in [0.717, 1.165) is 22.2 Å². The van der Waals surface area contributed by atoms with Crippen LogP contribution in [0.3, 0.4) is 0 Å². The number of hydrogen-bond acceptors (Lipinski definition) is 3. The summed E-state index contributed by atoms with van der Waals surface area (Å²) in [5.41, 5.74) is 4.94. The summed E-state index contributed by atoms with van der Waals surface area (Å²) in [6.45, 7) is 2.61. The van der Waals surface area contributed by atoms with Gasteiger partial charge in [-0.1, -0.05) is 66.2 Å². The van der Waals surface area contributed by atoms with Crippen molar-refractivity contribution in [1.29, 1.82) is 0 Å². The first kappa shape index (κ1) is 16.5. The highest BCUT2D eigenvalue weighted by atomic mass is 16.3. The maximum Gasteiger partial charge on any atom is 0.281 e. The van der Waals surface area contributed by atoms with Crippen LogP contribution in [0.4, 0.5) is 0 Å². The van der Waals surface area contributed by atoms with Crippen LogP contribution >= 0.6 is 0 Å². The number of nitrogens with zero attached hydrogens (tertiary/aromatic N) is 2. The Labute approximate surface area is 162 Å². The van der Waals surface area contributed by atoms with Crippen LogP contribution in [0.1, 0.15) is 28.1 Å². The van der Waals surface area contributed by atoms with E-state index in [4.69, 9.17) is 0 Å². The Kier molecular flexibility index (Phi) is 3.66. The Balaban J connectivity index is 1.89. The first-order valence-corrected chi connectivity index (χ1v) is 9.22. The predicted octanol–water partition coefficient (Wildman–Crippen LogP) is 4.54. The van der Waals surface area contributed by atoms with Crippen molar-refractivity contribution >= 4 is 22.2 Å². The summed E-state index contributed by atoms with van der Waals surface area (Å²) >= 11 is 0. The van der Waals surface area contributed by atoms with E-state index in [9.17, 15) is 9.90 Å². The zero-order valence-corrected chi connectivity index (χ0v) is 15.4. The van der Waals surface area contributed by atoms with Gasteiger partial charge >= 0.3 is 0 Å². The predicted molar refractivity (Wildman–Crippen MR) is 111 cm³/mol. The highest BCUT2D eigenvalue weighted by Gasteiger charge is 2.26. The molecule has 0 atom stereocenters. The summed E-state index contributed by atoms with van der Waals surface area (Å²) in [5, 5.41) is 11.8. The quantitative estimate of drug-likeness (QED) is 0.443. The van der Waals surface area contributed by atoms with Crippen molar-refractivity contribution in [2.45, 2.75) is 13.5 Å². The standard InChI is InChI=1S/C24H18N2O2/c1-15-10-12-16(13-11-15)22(27)21-18-7-3-2-6-17(18)14-26-20-9-5-4-8-19(20)24(28)25-23(21)26/h2-13,27H,14H2,1H3. The van der Waals surface area contributed by atoms with Gasteiger partial charge in [-0.3, -0.25) is 4.79 Å². The van der Waals surface area contributed by atoms with Crippen molar-refractivity contribution in [3.05, 3.63) is 111 Å². The van der Waals surface area contributed by atoms with Gasteiger partial charge in [0.25, 0.3) is 5.56 Å². The second-order valence-corrected chi connectivity index (χ2v) is 7.09. The highest BCUT2D eigenvalue weighted by molar-refractivity contribution is 5.97. The summed E-state index contributed by atoms with van der Waals surface area (Å²) < 4.78 is 2.01. The Morgan fingerprint density at radius 3 is 2.50 bits per heavy atom. The second-order valence-electron chi connectivity index (χ2n) is 7.09. The third-order valence-electron chi connectivity index (χ3n) is 5.29. The van der Waals surface area contributed by atoms with Crippen molar-refractivity contribution in [3.8, 4) is 0 Å². The van der Waals surface area contributed by atoms with Crippen LogP contribution in [0.5, 0.6) is 0 Å². The number of hydrogen-bond donors (Lipinski definition) is 1. The maximum atomic E-state index is 12.7. The molecule has 0 bridgehead atoms. The molecule has 1 aliphatic rings. The molecule has 0 spiro atoms. The van der Waals surface area contributed by atoms with Crippen molar-refractivity contribution < 1.29 is 5.11 Å². The molecule has 3 aromatic carbocycles. The Hall–Kier alpha value is -3.66. The number of fused-ring (bicyclic) bond motifs is 4. The van der Waals surface area contributed by atoms with E-state index in [1.165, 1.54) is 0 Å². The van der Waals surface area contributed by atoms with Crippen molar-refractivity contribution in [2.75, 3.05) is 0 Å². The molecule has 1 N–H and O–H groups in total. The summed E-state index contributed by atoms with van der Waals surface area (Å²) in [6.07, 6.45) is 0. The number of aliphatic hydroxyl groups is 1. The normalized spacial score (nSPS) is 14.5. The molecule has 2 heterocycles. The van der Waals surface area contributed by atoms with Gasteiger partial charge in [-0.2, -0.15) is 4.98 Å². The number of rotatable bonds is 1. The van der Waals surface area contributed by atoms with Crippen LogP contribution in [0, 0.1) is 6.92 Å². The zero-order valence-electron chi connectivity index (χ0n) is 15.4. The fourth-order valence-electron chi connectivity index (χ4n) is 3.85. The third kappa shape index (κ3) is 2.46. The monoisotopic (exact) mass is 366 g/mol. The summed E-state index contributed by atoms with van der Waals surface area (Å²) in [6, 6.07) is 23.1. The van der Waals surface area contributed by atoms with Crippen molar-refractivity contribution in [3.63, 3.8) is 0 Å². The van der Waals surface area contributed by atoms with Gasteiger partial charge in [-0.15, -0.1) is 0 Å². The molecule has 0 unspecified atom stereocenters. The SMILES string of the molecule is Cc1ccc(C(O)=C2c3ccccc3Cn3c2nc(=O)c2ccccc23)cc1. The minimum absolute atomic E-state index is 0.128. The maximum absolute atomic E-state index is 12.7. The molecule has 1 aliphatic heterocycles. The van der Waals surface area contributed by atoms with Gasteiger partial charge in [0.15, 0.2) is 0 Å². The lowest BCUT2D eigenvalue weighted by molar-refractivity contribution is 0.512. The Morgan fingerprint density at radius 1 is 0.964 bits per heavy atom. The first-order valence-electron chi connectivity index (χ1n) is 9.22. The highest BCUT2D eigenvalue weighted by Crippen LogP contribution is 2.36. The Bertz CT molecular complexity index is 1310. The van der Waals surface area contributed by atoms with E-state index in [0.29, 0.717) is 28.9 Å². The van der Waals surface area contributed by atoms with Crippen LogP contribution < -0.4 is 5.56 Å². The molecular weight excluding hydrogens is 348 g/mol. The molecule has 4 nitrogen and oxygen atoms in total. The fourth-order valence-corrected chi connectivity index (χ4v) is 3.85. The first-order chi connectivity index (χ1) is 13.6. The molecular formula is C24H18N2O2. The van der Waals surface area contributed by atoms with E-state index < -0.39 is 0 Å². The summed E-state index contributed by atoms with van der Waals surface area (Å²) in [7, 11) is 0. The topological polar surface area (TPSA) is 55.1 Å². The van der Waals surface area contributed by atoms with E-state index in [1.807, 2.05) is 78.2 Å². The van der Waals surface area contributed by atoms with Crippen LogP contribution in [0.2, 0.25) is 0 Å². The summed E-state index contributed by atoms with van der Waals surface area (Å²) in [5.74, 6) is 0.628. The fraction of sp³-hybridized carbons (Fsp3) is 0.0833. The number of benzene rings is 3. The molecule has 4 heteroatoms. The minimum atomic E-state index is -0.282. The van der Waals surface area contributed by atoms with Gasteiger partial charge in [-0.05, 0) is 30.2 Å². The molecule has 0 radical (unpaired) electrons. The lowest BCUT2D eigenvalue weighted by Crippen LogP contribution is -2.24. The van der Waals surface area contributed by atoms with Gasteiger partial charge in [0.05, 0.1) is 23.0 Å². The number of aromatic nitrogens is 2. The van der Waals surface area contributed by atoms with Gasteiger partial charge in [0.1, 0.15) is 11.6 Å². The van der Waals surface area contributed by atoms with Gasteiger partial charge < -0.3 is 9.67 Å². The van der Waals surface area contributed by atoms with E-state index in [-0.39, 0.29) is 11.3 Å². The molecule has 0 saturated heterocycles.